The number of carbonyl (C=O) groups is 2. The minimum Gasteiger partial charge on any atom is -0.351 e. The van der Waals surface area contributed by atoms with E-state index < -0.39 is 6.03 Å². The molecule has 0 atom stereocenters. The molecular formula is C19H18N4O2. The third-order valence-corrected chi connectivity index (χ3v) is 3.75. The van der Waals surface area contributed by atoms with Gasteiger partial charge in [0.25, 0.3) is 5.91 Å². The van der Waals surface area contributed by atoms with Crippen molar-refractivity contribution in [3.63, 3.8) is 0 Å². The quantitative estimate of drug-likeness (QED) is 0.682. The predicted molar refractivity (Wildman–Crippen MR) is 98.8 cm³/mol. The number of hydrogen-bond acceptors (Lipinski definition) is 3. The molecule has 0 aliphatic carbocycles. The molecule has 0 saturated carbocycles. The zero-order chi connectivity index (χ0) is 18.0. The van der Waals surface area contributed by atoms with Crippen LogP contribution in [0.1, 0.15) is 21.6 Å². The first-order chi connectivity index (χ1) is 11.9. The van der Waals surface area contributed by atoms with Crippen molar-refractivity contribution in [1.82, 2.24) is 4.98 Å². The van der Waals surface area contributed by atoms with Gasteiger partial charge in [-0.1, -0.05) is 11.6 Å². The van der Waals surface area contributed by atoms with E-state index in [1.54, 1.807) is 30.3 Å². The monoisotopic (exact) mass is 334 g/mol. The molecule has 4 N–H and O–H groups in total. The van der Waals surface area contributed by atoms with Crippen LogP contribution in [-0.4, -0.2) is 16.9 Å². The molecule has 0 unspecified atom stereocenters. The summed E-state index contributed by atoms with van der Waals surface area (Å²) in [5, 5.41) is 6.15. The van der Waals surface area contributed by atoms with Gasteiger partial charge in [0.15, 0.2) is 0 Å². The molecule has 2 aromatic carbocycles. The van der Waals surface area contributed by atoms with Crippen LogP contribution in [-0.2, 0) is 0 Å². The molecule has 3 rings (SSSR count). The van der Waals surface area contributed by atoms with Gasteiger partial charge < -0.3 is 16.4 Å². The molecule has 3 amide bonds. The molecule has 0 radical (unpaired) electrons. The fourth-order valence-electron chi connectivity index (χ4n) is 2.64. The third-order valence-electron chi connectivity index (χ3n) is 3.75. The predicted octanol–water partition coefficient (Wildman–Crippen LogP) is 3.59. The van der Waals surface area contributed by atoms with Crippen LogP contribution in [0.2, 0.25) is 0 Å². The highest BCUT2D eigenvalue weighted by atomic mass is 16.2. The molecular weight excluding hydrogens is 316 g/mol. The Balaban J connectivity index is 1.89. The number of nitrogens with one attached hydrogen (secondary N) is 2. The number of nitrogens with zero attached hydrogens (tertiary/aromatic N) is 1. The molecule has 0 bridgehead atoms. The van der Waals surface area contributed by atoms with Gasteiger partial charge >= 0.3 is 6.03 Å². The Morgan fingerprint density at radius 3 is 2.20 bits per heavy atom. The van der Waals surface area contributed by atoms with Crippen LogP contribution in [0.5, 0.6) is 0 Å². The second kappa shape index (κ2) is 6.60. The average molecular weight is 334 g/mol. The Labute approximate surface area is 145 Å². The van der Waals surface area contributed by atoms with Gasteiger partial charge in [-0.2, -0.15) is 0 Å². The summed E-state index contributed by atoms with van der Waals surface area (Å²) in [6.45, 7) is 3.84. The standard InChI is InChI=1S/C19H18N4O2/c1-11-3-8-17-15(9-11)16(10-12(2)21-17)18(24)22-13-4-6-14(7-5-13)23-19(20)25/h3-10H,1-2H3,(H,22,24)(H3,20,23,25). The van der Waals surface area contributed by atoms with Crippen molar-refractivity contribution >= 4 is 34.2 Å². The lowest BCUT2D eigenvalue weighted by Gasteiger charge is -2.10. The first kappa shape index (κ1) is 16.4. The van der Waals surface area contributed by atoms with Gasteiger partial charge in [-0.25, -0.2) is 4.79 Å². The number of aromatic nitrogens is 1. The van der Waals surface area contributed by atoms with Gasteiger partial charge in [0, 0.05) is 22.5 Å². The molecule has 6 heteroatoms. The van der Waals surface area contributed by atoms with E-state index in [9.17, 15) is 9.59 Å². The Kier molecular flexibility index (Phi) is 4.35. The second-order valence-corrected chi connectivity index (χ2v) is 5.85. The van der Waals surface area contributed by atoms with Crippen molar-refractivity contribution in [2.45, 2.75) is 13.8 Å². The normalized spacial score (nSPS) is 10.5. The maximum Gasteiger partial charge on any atom is 0.316 e. The number of urea groups is 1. The van der Waals surface area contributed by atoms with Crippen molar-refractivity contribution in [2.24, 2.45) is 5.73 Å². The molecule has 3 aromatic rings. The minimum absolute atomic E-state index is 0.211. The van der Waals surface area contributed by atoms with E-state index in [1.807, 2.05) is 32.0 Å². The number of hydrogen-bond donors (Lipinski definition) is 3. The molecule has 126 valence electrons. The summed E-state index contributed by atoms with van der Waals surface area (Å²) < 4.78 is 0. The largest absolute Gasteiger partial charge is 0.351 e. The molecule has 0 spiro atoms. The number of nitrogens with two attached hydrogens (primary N) is 1. The zero-order valence-corrected chi connectivity index (χ0v) is 14.0. The van der Waals surface area contributed by atoms with E-state index in [0.29, 0.717) is 16.9 Å². The topological polar surface area (TPSA) is 97.1 Å². The summed E-state index contributed by atoms with van der Waals surface area (Å²) in [5.74, 6) is -0.211. The van der Waals surface area contributed by atoms with E-state index >= 15 is 0 Å². The summed E-state index contributed by atoms with van der Waals surface area (Å²) in [4.78, 5) is 28.0. The van der Waals surface area contributed by atoms with E-state index in [4.69, 9.17) is 5.73 Å². The maximum atomic E-state index is 12.7. The van der Waals surface area contributed by atoms with Crippen LogP contribution in [0.15, 0.2) is 48.5 Å². The molecule has 6 nitrogen and oxygen atoms in total. The lowest BCUT2D eigenvalue weighted by molar-refractivity contribution is 0.102. The first-order valence-electron chi connectivity index (χ1n) is 7.78. The highest BCUT2D eigenvalue weighted by molar-refractivity contribution is 6.12. The van der Waals surface area contributed by atoms with Crippen molar-refractivity contribution in [3.8, 4) is 0 Å². The van der Waals surface area contributed by atoms with Gasteiger partial charge in [0.2, 0.25) is 0 Å². The average Bonchev–Trinajstić information content (AvgIpc) is 2.56. The second-order valence-electron chi connectivity index (χ2n) is 5.85. The van der Waals surface area contributed by atoms with E-state index in [1.165, 1.54) is 0 Å². The maximum absolute atomic E-state index is 12.7. The fourth-order valence-corrected chi connectivity index (χ4v) is 2.64. The number of fused-ring (bicyclic) bond motifs is 1. The minimum atomic E-state index is -0.633. The van der Waals surface area contributed by atoms with Gasteiger partial charge in [-0.3, -0.25) is 9.78 Å². The van der Waals surface area contributed by atoms with E-state index in [2.05, 4.69) is 15.6 Å². The van der Waals surface area contributed by atoms with Crippen LogP contribution in [0.4, 0.5) is 16.2 Å². The van der Waals surface area contributed by atoms with Crippen molar-refractivity contribution in [1.29, 1.82) is 0 Å². The lowest BCUT2D eigenvalue weighted by atomic mass is 10.0. The van der Waals surface area contributed by atoms with Gasteiger partial charge in [0.05, 0.1) is 11.1 Å². The molecule has 0 saturated heterocycles. The summed E-state index contributed by atoms with van der Waals surface area (Å²) in [7, 11) is 0. The molecule has 25 heavy (non-hydrogen) atoms. The van der Waals surface area contributed by atoms with Gasteiger partial charge in [0.1, 0.15) is 0 Å². The van der Waals surface area contributed by atoms with E-state index in [-0.39, 0.29) is 5.91 Å². The Morgan fingerprint density at radius 1 is 0.920 bits per heavy atom. The SMILES string of the molecule is Cc1ccc2nc(C)cc(C(=O)Nc3ccc(NC(N)=O)cc3)c2c1. The smallest absolute Gasteiger partial charge is 0.316 e. The Morgan fingerprint density at radius 2 is 1.56 bits per heavy atom. The molecule has 0 fully saturated rings. The fraction of sp³-hybridized carbons (Fsp3) is 0.105. The Bertz CT molecular complexity index is 965. The lowest BCUT2D eigenvalue weighted by Crippen LogP contribution is -2.19. The molecule has 0 aliphatic rings. The number of anilines is 2. The number of amides is 3. The van der Waals surface area contributed by atoms with Crippen LogP contribution in [0.3, 0.4) is 0 Å². The highest BCUT2D eigenvalue weighted by Crippen LogP contribution is 2.22. The van der Waals surface area contributed by atoms with Crippen molar-refractivity contribution in [2.75, 3.05) is 10.6 Å². The number of carbonyl (C=O) groups excluding carboxylic acids is 2. The van der Waals surface area contributed by atoms with Crippen LogP contribution >= 0.6 is 0 Å². The summed E-state index contributed by atoms with van der Waals surface area (Å²) >= 11 is 0. The number of primary amides is 1. The number of pyridine rings is 1. The van der Waals surface area contributed by atoms with Crippen LogP contribution in [0, 0.1) is 13.8 Å². The summed E-state index contributed by atoms with van der Waals surface area (Å²) in [6, 6.07) is 13.7. The van der Waals surface area contributed by atoms with E-state index in [0.717, 1.165) is 22.2 Å². The van der Waals surface area contributed by atoms with Crippen molar-refractivity contribution < 1.29 is 9.59 Å². The third kappa shape index (κ3) is 3.74. The highest BCUT2D eigenvalue weighted by Gasteiger charge is 2.12. The zero-order valence-electron chi connectivity index (χ0n) is 14.0. The number of aryl methyl sites for hydroxylation is 2. The summed E-state index contributed by atoms with van der Waals surface area (Å²) in [5.41, 5.74) is 9.46. The molecule has 0 aliphatic heterocycles. The Hall–Kier alpha value is -3.41. The molecule has 1 aromatic heterocycles. The van der Waals surface area contributed by atoms with Gasteiger partial charge in [-0.15, -0.1) is 0 Å². The number of benzene rings is 2. The molecule has 1 heterocycles. The first-order valence-corrected chi connectivity index (χ1v) is 7.78. The van der Waals surface area contributed by atoms with Crippen LogP contribution < -0.4 is 16.4 Å². The summed E-state index contributed by atoms with van der Waals surface area (Å²) in [6.07, 6.45) is 0. The number of rotatable bonds is 3. The van der Waals surface area contributed by atoms with Crippen molar-refractivity contribution in [3.05, 3.63) is 65.4 Å². The van der Waals surface area contributed by atoms with Crippen LogP contribution in [0.25, 0.3) is 10.9 Å². The van der Waals surface area contributed by atoms with Gasteiger partial charge in [-0.05, 0) is 56.3 Å².